The second kappa shape index (κ2) is 6.06. The maximum atomic E-state index is 12.1. The van der Waals surface area contributed by atoms with E-state index in [1.807, 2.05) is 49.4 Å². The number of carbonyl (C=O) groups excluding carboxylic acids is 1. The first kappa shape index (κ1) is 13.9. The lowest BCUT2D eigenvalue weighted by Gasteiger charge is -2.10. The van der Waals surface area contributed by atoms with Crippen LogP contribution in [0, 0.1) is 10.5 Å². The molecule has 0 fully saturated rings. The zero-order chi connectivity index (χ0) is 13.8. The van der Waals surface area contributed by atoms with Gasteiger partial charge in [0, 0.05) is 15.8 Å². The highest BCUT2D eigenvalue weighted by molar-refractivity contribution is 14.1. The van der Waals surface area contributed by atoms with Crippen molar-refractivity contribution in [2.24, 2.45) is 0 Å². The molecule has 0 radical (unpaired) electrons. The summed E-state index contributed by atoms with van der Waals surface area (Å²) < 4.78 is 0.946. The summed E-state index contributed by atoms with van der Waals surface area (Å²) in [5.41, 5.74) is 9.36. The molecule has 0 unspecified atom stereocenters. The molecule has 0 saturated heterocycles. The van der Waals surface area contributed by atoms with Gasteiger partial charge in [0.05, 0.1) is 5.56 Å². The van der Waals surface area contributed by atoms with Crippen molar-refractivity contribution in [3.8, 4) is 0 Å². The first-order valence-corrected chi connectivity index (χ1v) is 7.04. The van der Waals surface area contributed by atoms with Crippen molar-refractivity contribution in [2.45, 2.75) is 13.5 Å². The van der Waals surface area contributed by atoms with Crippen molar-refractivity contribution in [3.63, 3.8) is 0 Å². The van der Waals surface area contributed by atoms with Crippen LogP contribution in [0.25, 0.3) is 0 Å². The number of halogens is 1. The standard InChI is InChI=1S/C15H15IN2O/c1-10-11(5-4-8-14(10)17)9-18-15(19)12-6-2-3-7-13(12)16/h2-8H,9,17H2,1H3,(H,18,19). The molecule has 0 aliphatic rings. The number of nitrogens with two attached hydrogens (primary N) is 1. The van der Waals surface area contributed by atoms with Gasteiger partial charge in [-0.15, -0.1) is 0 Å². The molecule has 2 aromatic rings. The van der Waals surface area contributed by atoms with Crippen LogP contribution in [0.4, 0.5) is 5.69 Å². The van der Waals surface area contributed by atoms with Crippen LogP contribution in [-0.2, 0) is 6.54 Å². The van der Waals surface area contributed by atoms with Crippen molar-refractivity contribution in [2.75, 3.05) is 5.73 Å². The number of nitrogen functional groups attached to an aromatic ring is 1. The zero-order valence-electron chi connectivity index (χ0n) is 10.6. The van der Waals surface area contributed by atoms with Crippen LogP contribution in [0.3, 0.4) is 0 Å². The summed E-state index contributed by atoms with van der Waals surface area (Å²) >= 11 is 2.16. The van der Waals surface area contributed by atoms with E-state index >= 15 is 0 Å². The molecular weight excluding hydrogens is 351 g/mol. The molecule has 0 aromatic heterocycles. The topological polar surface area (TPSA) is 55.1 Å². The number of rotatable bonds is 3. The SMILES string of the molecule is Cc1c(N)cccc1CNC(=O)c1ccccc1I. The lowest BCUT2D eigenvalue weighted by atomic mass is 10.1. The molecule has 3 nitrogen and oxygen atoms in total. The van der Waals surface area contributed by atoms with Crippen molar-refractivity contribution in [3.05, 3.63) is 62.7 Å². The van der Waals surface area contributed by atoms with Gasteiger partial charge in [-0.3, -0.25) is 4.79 Å². The molecule has 2 rings (SSSR count). The number of carbonyl (C=O) groups is 1. The average Bonchev–Trinajstić information content (AvgIpc) is 2.40. The highest BCUT2D eigenvalue weighted by Crippen LogP contribution is 2.16. The van der Waals surface area contributed by atoms with Gasteiger partial charge in [-0.05, 0) is 58.8 Å². The Morgan fingerprint density at radius 1 is 1.21 bits per heavy atom. The largest absolute Gasteiger partial charge is 0.399 e. The third-order valence-electron chi connectivity index (χ3n) is 3.05. The van der Waals surface area contributed by atoms with Crippen molar-refractivity contribution in [1.29, 1.82) is 0 Å². The summed E-state index contributed by atoms with van der Waals surface area (Å²) in [7, 11) is 0. The molecule has 0 bridgehead atoms. The molecular formula is C15H15IN2O. The van der Waals surface area contributed by atoms with E-state index in [4.69, 9.17) is 5.73 Å². The van der Waals surface area contributed by atoms with Gasteiger partial charge in [0.25, 0.3) is 5.91 Å². The van der Waals surface area contributed by atoms with E-state index in [-0.39, 0.29) is 5.91 Å². The minimum atomic E-state index is -0.0631. The van der Waals surface area contributed by atoms with E-state index in [1.165, 1.54) is 0 Å². The number of hydrogen-bond donors (Lipinski definition) is 2. The Bertz CT molecular complexity index is 611. The Kier molecular flexibility index (Phi) is 4.42. The Hall–Kier alpha value is -1.56. The van der Waals surface area contributed by atoms with E-state index in [0.29, 0.717) is 12.1 Å². The minimum Gasteiger partial charge on any atom is -0.399 e. The fourth-order valence-corrected chi connectivity index (χ4v) is 2.44. The van der Waals surface area contributed by atoms with E-state index < -0.39 is 0 Å². The minimum absolute atomic E-state index is 0.0631. The van der Waals surface area contributed by atoms with Crippen LogP contribution in [0.2, 0.25) is 0 Å². The molecule has 0 spiro atoms. The molecule has 0 aliphatic carbocycles. The lowest BCUT2D eigenvalue weighted by molar-refractivity contribution is 0.0950. The summed E-state index contributed by atoms with van der Waals surface area (Å²) in [5.74, 6) is -0.0631. The Morgan fingerprint density at radius 2 is 1.95 bits per heavy atom. The number of hydrogen-bond acceptors (Lipinski definition) is 2. The van der Waals surface area contributed by atoms with E-state index in [2.05, 4.69) is 27.9 Å². The van der Waals surface area contributed by atoms with Crippen molar-refractivity contribution < 1.29 is 4.79 Å². The number of amides is 1. The number of nitrogens with one attached hydrogen (secondary N) is 1. The third-order valence-corrected chi connectivity index (χ3v) is 3.99. The van der Waals surface area contributed by atoms with Crippen LogP contribution in [0.15, 0.2) is 42.5 Å². The lowest BCUT2D eigenvalue weighted by Crippen LogP contribution is -2.24. The number of anilines is 1. The van der Waals surface area contributed by atoms with Gasteiger partial charge in [-0.25, -0.2) is 0 Å². The Labute approximate surface area is 126 Å². The third kappa shape index (κ3) is 3.26. The van der Waals surface area contributed by atoms with Gasteiger partial charge in [0.1, 0.15) is 0 Å². The van der Waals surface area contributed by atoms with E-state index in [1.54, 1.807) is 0 Å². The Morgan fingerprint density at radius 3 is 2.68 bits per heavy atom. The fraction of sp³-hybridized carbons (Fsp3) is 0.133. The summed E-state index contributed by atoms with van der Waals surface area (Å²) in [5, 5.41) is 2.92. The molecule has 2 aromatic carbocycles. The molecule has 19 heavy (non-hydrogen) atoms. The summed E-state index contributed by atoms with van der Waals surface area (Å²) in [6.45, 7) is 2.45. The highest BCUT2D eigenvalue weighted by atomic mass is 127. The Balaban J connectivity index is 2.09. The molecule has 0 saturated carbocycles. The summed E-state index contributed by atoms with van der Waals surface area (Å²) in [4.78, 5) is 12.1. The summed E-state index contributed by atoms with van der Waals surface area (Å²) in [6.07, 6.45) is 0. The van der Waals surface area contributed by atoms with E-state index in [9.17, 15) is 4.79 Å². The smallest absolute Gasteiger partial charge is 0.252 e. The second-order valence-electron chi connectivity index (χ2n) is 4.29. The average molecular weight is 366 g/mol. The van der Waals surface area contributed by atoms with Crippen LogP contribution in [-0.4, -0.2) is 5.91 Å². The van der Waals surface area contributed by atoms with Crippen LogP contribution < -0.4 is 11.1 Å². The van der Waals surface area contributed by atoms with Gasteiger partial charge < -0.3 is 11.1 Å². The summed E-state index contributed by atoms with van der Waals surface area (Å²) in [6, 6.07) is 13.3. The fourth-order valence-electron chi connectivity index (χ4n) is 1.81. The van der Waals surface area contributed by atoms with Crippen molar-refractivity contribution in [1.82, 2.24) is 5.32 Å². The van der Waals surface area contributed by atoms with E-state index in [0.717, 1.165) is 20.4 Å². The predicted molar refractivity (Wildman–Crippen MR) is 85.9 cm³/mol. The first-order chi connectivity index (χ1) is 9.09. The van der Waals surface area contributed by atoms with Crippen LogP contribution in [0.5, 0.6) is 0 Å². The molecule has 1 amide bonds. The predicted octanol–water partition coefficient (Wildman–Crippen LogP) is 3.11. The molecule has 3 N–H and O–H groups in total. The monoisotopic (exact) mass is 366 g/mol. The molecule has 0 atom stereocenters. The van der Waals surface area contributed by atoms with Gasteiger partial charge in [-0.1, -0.05) is 24.3 Å². The van der Waals surface area contributed by atoms with Crippen LogP contribution in [0.1, 0.15) is 21.5 Å². The van der Waals surface area contributed by atoms with Gasteiger partial charge in [0.2, 0.25) is 0 Å². The van der Waals surface area contributed by atoms with Crippen molar-refractivity contribution >= 4 is 34.2 Å². The molecule has 98 valence electrons. The quantitative estimate of drug-likeness (QED) is 0.648. The van der Waals surface area contributed by atoms with Crippen LogP contribution >= 0.6 is 22.6 Å². The highest BCUT2D eigenvalue weighted by Gasteiger charge is 2.09. The second-order valence-corrected chi connectivity index (χ2v) is 5.46. The number of benzene rings is 2. The molecule has 4 heteroatoms. The zero-order valence-corrected chi connectivity index (χ0v) is 12.8. The van der Waals surface area contributed by atoms with Gasteiger partial charge in [0.15, 0.2) is 0 Å². The molecule has 0 heterocycles. The van der Waals surface area contributed by atoms with Gasteiger partial charge in [-0.2, -0.15) is 0 Å². The first-order valence-electron chi connectivity index (χ1n) is 5.96. The maximum Gasteiger partial charge on any atom is 0.252 e. The maximum absolute atomic E-state index is 12.1. The van der Waals surface area contributed by atoms with Gasteiger partial charge >= 0.3 is 0 Å². The normalized spacial score (nSPS) is 10.2. The molecule has 0 aliphatic heterocycles.